The average molecular weight is 258 g/mol. The van der Waals surface area contributed by atoms with E-state index in [1.54, 1.807) is 0 Å². The summed E-state index contributed by atoms with van der Waals surface area (Å²) in [5.74, 6) is -0.156. The number of carbonyl (C=O) groups is 2. The molecule has 4 nitrogen and oxygen atoms in total. The van der Waals surface area contributed by atoms with Gasteiger partial charge in [0.05, 0.1) is 17.5 Å². The van der Waals surface area contributed by atoms with E-state index in [9.17, 15) is 9.59 Å². The first-order valence-corrected chi connectivity index (χ1v) is 6.77. The van der Waals surface area contributed by atoms with Crippen molar-refractivity contribution >= 4 is 17.5 Å². The lowest BCUT2D eigenvalue weighted by Gasteiger charge is -2.22. The Morgan fingerprint density at radius 2 is 1.84 bits per heavy atom. The number of nitrogens with one attached hydrogen (secondary N) is 1. The molecule has 4 heteroatoms. The number of benzene rings is 1. The van der Waals surface area contributed by atoms with Crippen molar-refractivity contribution in [1.29, 1.82) is 0 Å². The van der Waals surface area contributed by atoms with Gasteiger partial charge in [-0.25, -0.2) is 4.90 Å². The number of rotatable bonds is 2. The normalized spacial score (nSPS) is 30.3. The van der Waals surface area contributed by atoms with Crippen LogP contribution in [0.3, 0.4) is 0 Å². The maximum Gasteiger partial charge on any atom is 0.239 e. The number of imide groups is 1. The Hall–Kier alpha value is -1.68. The van der Waals surface area contributed by atoms with Crippen molar-refractivity contribution in [3.05, 3.63) is 30.3 Å². The minimum absolute atomic E-state index is 0.0510. The summed E-state index contributed by atoms with van der Waals surface area (Å²) in [6.45, 7) is 4.79. The molecule has 2 amide bonds. The highest BCUT2D eigenvalue weighted by Crippen LogP contribution is 2.38. The molecule has 2 heterocycles. The lowest BCUT2D eigenvalue weighted by molar-refractivity contribution is -0.123. The van der Waals surface area contributed by atoms with E-state index in [1.807, 2.05) is 30.3 Å². The summed E-state index contributed by atoms with van der Waals surface area (Å²) in [5, 5.41) is 3.32. The molecule has 0 aliphatic carbocycles. The summed E-state index contributed by atoms with van der Waals surface area (Å²) in [7, 11) is 0. The van der Waals surface area contributed by atoms with Crippen molar-refractivity contribution < 1.29 is 9.59 Å². The first kappa shape index (κ1) is 12.4. The lowest BCUT2D eigenvalue weighted by atomic mass is 9.87. The standard InChI is InChI=1S/C15H18N2O2/c1-9(2)13-12-11(8-16-13)14(18)17(15(12)19)10-6-4-3-5-7-10/h3-7,9,11-13,16H,8H2,1-2H3/t11-,12-,13?/m1/s1. The molecule has 0 aromatic heterocycles. The summed E-state index contributed by atoms with van der Waals surface area (Å²) in [5.41, 5.74) is 0.689. The molecule has 1 unspecified atom stereocenters. The van der Waals surface area contributed by atoms with Crippen LogP contribution in [-0.4, -0.2) is 24.4 Å². The van der Waals surface area contributed by atoms with Crippen molar-refractivity contribution in [3.63, 3.8) is 0 Å². The molecule has 19 heavy (non-hydrogen) atoms. The Morgan fingerprint density at radius 1 is 1.16 bits per heavy atom. The number of amides is 2. The fourth-order valence-electron chi connectivity index (χ4n) is 3.24. The number of carbonyl (C=O) groups excluding carboxylic acids is 2. The Kier molecular flexibility index (Phi) is 2.90. The van der Waals surface area contributed by atoms with E-state index in [2.05, 4.69) is 19.2 Å². The van der Waals surface area contributed by atoms with Crippen LogP contribution in [0.2, 0.25) is 0 Å². The van der Waals surface area contributed by atoms with E-state index in [1.165, 1.54) is 4.90 Å². The van der Waals surface area contributed by atoms with Gasteiger partial charge in [0.15, 0.2) is 0 Å². The third kappa shape index (κ3) is 1.78. The number of nitrogens with zero attached hydrogens (tertiary/aromatic N) is 1. The molecule has 0 bridgehead atoms. The van der Waals surface area contributed by atoms with Crippen molar-refractivity contribution in [1.82, 2.24) is 5.32 Å². The topological polar surface area (TPSA) is 49.4 Å². The van der Waals surface area contributed by atoms with Crippen molar-refractivity contribution in [2.45, 2.75) is 19.9 Å². The Morgan fingerprint density at radius 3 is 2.47 bits per heavy atom. The van der Waals surface area contributed by atoms with E-state index in [-0.39, 0.29) is 29.7 Å². The summed E-state index contributed by atoms with van der Waals surface area (Å²) in [6.07, 6.45) is 0. The molecule has 3 rings (SSSR count). The molecule has 2 saturated heterocycles. The quantitative estimate of drug-likeness (QED) is 0.816. The molecule has 2 aliphatic rings. The second-order valence-corrected chi connectivity index (χ2v) is 5.66. The highest BCUT2D eigenvalue weighted by atomic mass is 16.2. The fourth-order valence-corrected chi connectivity index (χ4v) is 3.24. The van der Waals surface area contributed by atoms with Gasteiger partial charge in [-0.05, 0) is 18.1 Å². The van der Waals surface area contributed by atoms with Crippen LogP contribution in [0.4, 0.5) is 5.69 Å². The van der Waals surface area contributed by atoms with Crippen LogP contribution in [0.5, 0.6) is 0 Å². The second-order valence-electron chi connectivity index (χ2n) is 5.66. The molecular weight excluding hydrogens is 240 g/mol. The van der Waals surface area contributed by atoms with E-state index in [0.29, 0.717) is 18.2 Å². The summed E-state index contributed by atoms with van der Waals surface area (Å²) < 4.78 is 0. The molecule has 0 saturated carbocycles. The number of hydrogen-bond acceptors (Lipinski definition) is 3. The van der Waals surface area contributed by atoms with Gasteiger partial charge in [-0.2, -0.15) is 0 Å². The molecule has 0 spiro atoms. The highest BCUT2D eigenvalue weighted by Gasteiger charge is 2.55. The number of anilines is 1. The largest absolute Gasteiger partial charge is 0.312 e. The van der Waals surface area contributed by atoms with Gasteiger partial charge < -0.3 is 5.32 Å². The van der Waals surface area contributed by atoms with Crippen LogP contribution in [0.1, 0.15) is 13.8 Å². The van der Waals surface area contributed by atoms with Gasteiger partial charge in [0, 0.05) is 12.6 Å². The fraction of sp³-hybridized carbons (Fsp3) is 0.467. The van der Waals surface area contributed by atoms with Gasteiger partial charge in [0.2, 0.25) is 11.8 Å². The Bertz CT molecular complexity index is 512. The molecule has 1 N–H and O–H groups in total. The van der Waals surface area contributed by atoms with E-state index in [0.717, 1.165) is 0 Å². The predicted octanol–water partition coefficient (Wildman–Crippen LogP) is 1.42. The van der Waals surface area contributed by atoms with E-state index in [4.69, 9.17) is 0 Å². The molecule has 2 aliphatic heterocycles. The SMILES string of the molecule is CC(C)C1NC[C@H]2C(=O)N(c3ccccc3)C(=O)[C@@H]12. The van der Waals surface area contributed by atoms with Crippen molar-refractivity contribution in [3.8, 4) is 0 Å². The molecule has 1 aromatic rings. The third-order valence-electron chi connectivity index (χ3n) is 4.17. The van der Waals surface area contributed by atoms with Crippen molar-refractivity contribution in [2.75, 3.05) is 11.4 Å². The van der Waals surface area contributed by atoms with E-state index < -0.39 is 0 Å². The lowest BCUT2D eigenvalue weighted by Crippen LogP contribution is -2.40. The maximum atomic E-state index is 12.6. The second kappa shape index (κ2) is 4.46. The predicted molar refractivity (Wildman–Crippen MR) is 72.5 cm³/mol. The molecule has 0 radical (unpaired) electrons. The smallest absolute Gasteiger partial charge is 0.239 e. The molecule has 100 valence electrons. The third-order valence-corrected chi connectivity index (χ3v) is 4.17. The zero-order valence-electron chi connectivity index (χ0n) is 11.2. The maximum absolute atomic E-state index is 12.6. The van der Waals surface area contributed by atoms with Crippen LogP contribution in [0.15, 0.2) is 30.3 Å². The molecule has 3 atom stereocenters. The monoisotopic (exact) mass is 258 g/mol. The number of para-hydroxylation sites is 1. The minimum Gasteiger partial charge on any atom is -0.312 e. The zero-order valence-corrected chi connectivity index (χ0v) is 11.2. The number of hydrogen-bond donors (Lipinski definition) is 1. The van der Waals surface area contributed by atoms with Gasteiger partial charge in [0.25, 0.3) is 0 Å². The van der Waals surface area contributed by atoms with Gasteiger partial charge in [-0.3, -0.25) is 9.59 Å². The van der Waals surface area contributed by atoms with Crippen LogP contribution < -0.4 is 10.2 Å². The van der Waals surface area contributed by atoms with Crippen LogP contribution in [-0.2, 0) is 9.59 Å². The molecule has 1 aromatic carbocycles. The summed E-state index contributed by atoms with van der Waals surface area (Å²) >= 11 is 0. The summed E-state index contributed by atoms with van der Waals surface area (Å²) in [4.78, 5) is 26.4. The van der Waals surface area contributed by atoms with Crippen LogP contribution >= 0.6 is 0 Å². The Balaban J connectivity index is 1.95. The zero-order chi connectivity index (χ0) is 13.6. The molecule has 2 fully saturated rings. The minimum atomic E-state index is -0.201. The summed E-state index contributed by atoms with van der Waals surface area (Å²) in [6, 6.07) is 9.32. The first-order valence-electron chi connectivity index (χ1n) is 6.77. The van der Waals surface area contributed by atoms with Gasteiger partial charge in [-0.15, -0.1) is 0 Å². The van der Waals surface area contributed by atoms with Gasteiger partial charge in [-0.1, -0.05) is 32.0 Å². The average Bonchev–Trinajstić information content (AvgIpc) is 2.93. The van der Waals surface area contributed by atoms with Gasteiger partial charge in [0.1, 0.15) is 0 Å². The van der Waals surface area contributed by atoms with Crippen LogP contribution in [0.25, 0.3) is 0 Å². The van der Waals surface area contributed by atoms with E-state index >= 15 is 0 Å². The first-order chi connectivity index (χ1) is 9.11. The van der Waals surface area contributed by atoms with Crippen LogP contribution in [0, 0.1) is 17.8 Å². The Labute approximate surface area is 112 Å². The van der Waals surface area contributed by atoms with Gasteiger partial charge >= 0.3 is 0 Å². The molecular formula is C15H18N2O2. The highest BCUT2D eigenvalue weighted by molar-refractivity contribution is 6.22. The van der Waals surface area contributed by atoms with Crippen molar-refractivity contribution in [2.24, 2.45) is 17.8 Å². The number of fused-ring (bicyclic) bond motifs is 1.